The molecule has 7 heterocycles. The van der Waals surface area contributed by atoms with E-state index in [9.17, 15) is 0 Å². The number of thiophene rings is 2. The number of benzene rings is 7. The molecule has 17 heteroatoms. The molecule has 7 aromatic carbocycles. The van der Waals surface area contributed by atoms with Gasteiger partial charge >= 0.3 is 0 Å². The Bertz CT molecular complexity index is 4460. The predicted molar refractivity (Wildman–Crippen MR) is 511 cm³/mol. The summed E-state index contributed by atoms with van der Waals surface area (Å²) < 4.78 is 27.0. The number of fused-ring (bicyclic) bond motifs is 7. The van der Waals surface area contributed by atoms with Gasteiger partial charge in [-0.25, -0.2) is 4.98 Å². The molecule has 0 amide bonds. The zero-order chi connectivity index (χ0) is 84.8. The number of thiazole rings is 1. The Labute approximate surface area is 710 Å². The molecule has 116 heavy (non-hydrogen) atoms. The molecular weight excluding hydrogens is 1490 g/mol. The fraction of sp³-hybridized carbons (Fsp3) is 0.505. The van der Waals surface area contributed by atoms with E-state index < -0.39 is 0 Å². The standard InChI is InChI=1S/2C15H23NO.C14H19N3.C14H21NO2.2C14H19NS.C13H18N2S/c1-10(2)12-8-14(16-11(3)4)13-6-5-7-17-15(13)9-12;1-10(2)13-8-12-6-5-7-17-15(12)14(9-13)16-11(3)4;1-9(2)11-7-12-14(16-6-5-15-12)13(8-11)17-10(3)4;1-9(2)11-7-12(15-10(3)4)14-13(8-11)16-5-6-17-14;1-9(2)11-7-13(15-10(3)4)12-5-6-16-14(12)8-11;1-9(2)12-7-11-5-6-16-14(11)13(8-12)15-10(3)4;1-8(2)10-5-11-13(16-7-14-11)12(6-10)15-9(3)4/h2*8-11,16H,5-7H2,1-4H3;5-10,17H,1-4H3;7-10,15H,5-6H2,1-4H3;2*5-10,15H,1-4H3;5-9,15H,1-4H3. The zero-order valence-corrected chi connectivity index (χ0v) is 78.0. The molecule has 3 aliphatic rings. The summed E-state index contributed by atoms with van der Waals surface area (Å²) in [5, 5.41) is 31.5. The van der Waals surface area contributed by atoms with Crippen LogP contribution in [-0.2, 0) is 12.8 Å². The molecule has 0 atom stereocenters. The Morgan fingerprint density at radius 1 is 0.310 bits per heavy atom. The predicted octanol–water partition coefficient (Wildman–Crippen LogP) is 28.8. The van der Waals surface area contributed by atoms with E-state index in [2.05, 4.69) is 354 Å². The third kappa shape index (κ3) is 27.3. The van der Waals surface area contributed by atoms with Crippen molar-refractivity contribution >= 4 is 115 Å². The lowest BCUT2D eigenvalue weighted by molar-refractivity contribution is 0.172. The lowest BCUT2D eigenvalue weighted by Gasteiger charge is -2.24. The van der Waals surface area contributed by atoms with Gasteiger partial charge in [0.2, 0.25) is 0 Å². The first kappa shape index (κ1) is 93.0. The summed E-state index contributed by atoms with van der Waals surface area (Å²) in [6.45, 7) is 64.3. The first-order valence-corrected chi connectivity index (χ1v) is 45.7. The van der Waals surface area contributed by atoms with Gasteiger partial charge in [-0.05, 0) is 316 Å². The van der Waals surface area contributed by atoms with E-state index >= 15 is 0 Å². The monoisotopic (exact) mass is 1630 g/mol. The maximum absolute atomic E-state index is 5.83. The summed E-state index contributed by atoms with van der Waals surface area (Å²) in [5.74, 6) is 7.68. The van der Waals surface area contributed by atoms with Gasteiger partial charge in [-0.3, -0.25) is 9.97 Å². The molecule has 0 spiro atoms. The highest BCUT2D eigenvalue weighted by Crippen LogP contribution is 2.43. The van der Waals surface area contributed by atoms with E-state index in [1.54, 1.807) is 23.7 Å². The van der Waals surface area contributed by atoms with Crippen LogP contribution < -0.4 is 56.2 Å². The normalized spacial score (nSPS) is 12.9. The number of hydrogen-bond donors (Lipinski definition) is 7. The minimum absolute atomic E-state index is 0.382. The van der Waals surface area contributed by atoms with E-state index in [0.717, 1.165) is 89.8 Å². The molecule has 0 unspecified atom stereocenters. The van der Waals surface area contributed by atoms with Crippen LogP contribution in [0.1, 0.15) is 298 Å². The van der Waals surface area contributed by atoms with Crippen molar-refractivity contribution in [2.75, 3.05) is 63.6 Å². The maximum atomic E-state index is 5.83. The van der Waals surface area contributed by atoms with Crippen molar-refractivity contribution in [3.05, 3.63) is 176 Å². The SMILES string of the molecule is CC(C)Nc1cc(C(C)C)cc2c1CCCO2.CC(C)Nc1cc(C(C)C)cc2c1OCCC2.CC(C)Nc1cc(C(C)C)cc2c1OCCO2.CC(C)Nc1cc(C(C)C)cc2ccsc12.CC(C)Nc1cc(C(C)C)cc2nccnc12.CC(C)Nc1cc(C(C)C)cc2ncsc12.CC(C)Nc1cc(C(C)C)cc2sccc12. The Morgan fingerprint density at radius 2 is 0.716 bits per heavy atom. The van der Waals surface area contributed by atoms with Gasteiger partial charge in [-0.1, -0.05) is 103 Å². The van der Waals surface area contributed by atoms with Crippen LogP contribution >= 0.6 is 34.0 Å². The number of aryl methyl sites for hydroxylation is 1. The number of nitrogens with one attached hydrogen (secondary N) is 7. The van der Waals surface area contributed by atoms with Crippen molar-refractivity contribution in [2.45, 2.75) is 303 Å². The Balaban J connectivity index is 0.000000169. The van der Waals surface area contributed by atoms with E-state index in [1.807, 2.05) is 28.2 Å². The second kappa shape index (κ2) is 44.3. The molecule has 11 aromatic rings. The van der Waals surface area contributed by atoms with E-state index in [4.69, 9.17) is 18.9 Å². The van der Waals surface area contributed by atoms with Crippen molar-refractivity contribution in [1.82, 2.24) is 15.0 Å². The average molecular weight is 1630 g/mol. The minimum atomic E-state index is 0.382. The van der Waals surface area contributed by atoms with Crippen LogP contribution in [-0.4, -0.2) is 83.7 Å². The molecule has 3 aliphatic heterocycles. The highest BCUT2D eigenvalue weighted by Gasteiger charge is 2.23. The lowest BCUT2D eigenvalue weighted by Crippen LogP contribution is -2.19. The number of ether oxygens (including phenoxy) is 4. The molecule has 0 aliphatic carbocycles. The molecule has 4 aromatic heterocycles. The fourth-order valence-electron chi connectivity index (χ4n) is 13.7. The summed E-state index contributed by atoms with van der Waals surface area (Å²) in [7, 11) is 0. The molecule has 0 radical (unpaired) electrons. The van der Waals surface area contributed by atoms with E-state index in [1.165, 1.54) is 103 Å². The third-order valence-corrected chi connectivity index (χ3v) is 22.4. The number of aromatic nitrogens is 3. The average Bonchev–Trinajstić information content (AvgIpc) is 1.50. The number of hydrogen-bond acceptors (Lipinski definition) is 17. The van der Waals surface area contributed by atoms with Crippen molar-refractivity contribution in [2.24, 2.45) is 0 Å². The van der Waals surface area contributed by atoms with Gasteiger partial charge in [0.1, 0.15) is 30.2 Å². The topological polar surface area (TPSA) is 160 Å². The van der Waals surface area contributed by atoms with Gasteiger partial charge < -0.3 is 56.2 Å². The Hall–Kier alpha value is -8.51. The highest BCUT2D eigenvalue weighted by molar-refractivity contribution is 7.18. The summed E-state index contributed by atoms with van der Waals surface area (Å²) in [4.78, 5) is 13.2. The summed E-state index contributed by atoms with van der Waals surface area (Å²) in [6.07, 6.45) is 8.01. The number of nitrogens with zero attached hydrogens (tertiary/aromatic N) is 3. The van der Waals surface area contributed by atoms with Crippen molar-refractivity contribution in [3.8, 4) is 23.0 Å². The summed E-state index contributed by atoms with van der Waals surface area (Å²) in [6, 6.07) is 38.8. The van der Waals surface area contributed by atoms with Gasteiger partial charge in [0.15, 0.2) is 11.5 Å². The fourth-order valence-corrected chi connectivity index (χ4v) is 16.2. The Kier molecular flexibility index (Phi) is 35.5. The van der Waals surface area contributed by atoms with E-state index in [-0.39, 0.29) is 0 Å². The second-order valence-corrected chi connectivity index (χ2v) is 38.1. The first-order valence-electron chi connectivity index (χ1n) is 43.1. The third-order valence-electron chi connectivity index (χ3n) is 19.7. The molecule has 14 rings (SSSR count). The maximum Gasteiger partial charge on any atom is 0.184 e. The molecule has 630 valence electrons. The van der Waals surface area contributed by atoms with E-state index in [0.29, 0.717) is 96.9 Å². The van der Waals surface area contributed by atoms with Crippen LogP contribution in [0.4, 0.5) is 39.8 Å². The van der Waals surface area contributed by atoms with Crippen molar-refractivity contribution in [1.29, 1.82) is 0 Å². The lowest BCUT2D eigenvalue weighted by atomic mass is 9.95. The van der Waals surface area contributed by atoms with Gasteiger partial charge in [-0.2, -0.15) is 0 Å². The summed E-state index contributed by atoms with van der Waals surface area (Å²) >= 11 is 5.34. The second-order valence-electron chi connectivity index (χ2n) is 35.3. The minimum Gasteiger partial charge on any atom is -0.493 e. The Morgan fingerprint density at radius 3 is 1.30 bits per heavy atom. The number of rotatable bonds is 21. The van der Waals surface area contributed by atoms with Crippen LogP contribution in [0, 0.1) is 0 Å². The van der Waals surface area contributed by atoms with Gasteiger partial charge in [-0.15, -0.1) is 34.0 Å². The number of anilines is 7. The first-order chi connectivity index (χ1) is 55.0. The smallest absolute Gasteiger partial charge is 0.184 e. The van der Waals surface area contributed by atoms with Crippen LogP contribution in [0.25, 0.3) is 41.4 Å². The molecule has 14 nitrogen and oxygen atoms in total. The highest BCUT2D eigenvalue weighted by atomic mass is 32.1. The quantitative estimate of drug-likeness (QED) is 0.0364. The van der Waals surface area contributed by atoms with Crippen LogP contribution in [0.2, 0.25) is 0 Å². The van der Waals surface area contributed by atoms with Gasteiger partial charge in [0, 0.05) is 81.7 Å². The molecule has 7 N–H and O–H groups in total. The molecular formula is C99H142N10O4S3. The summed E-state index contributed by atoms with van der Waals surface area (Å²) in [5.41, 5.74) is 25.5. The molecule has 0 fully saturated rings. The van der Waals surface area contributed by atoms with Crippen LogP contribution in [0.15, 0.2) is 126 Å². The molecule has 0 saturated heterocycles. The van der Waals surface area contributed by atoms with Crippen LogP contribution in [0.5, 0.6) is 23.0 Å². The van der Waals surface area contributed by atoms with Gasteiger partial charge in [0.25, 0.3) is 0 Å². The largest absolute Gasteiger partial charge is 0.493 e. The molecule has 0 saturated carbocycles. The van der Waals surface area contributed by atoms with Crippen LogP contribution in [0.3, 0.4) is 0 Å². The van der Waals surface area contributed by atoms with Crippen molar-refractivity contribution in [3.63, 3.8) is 0 Å². The molecule has 0 bridgehead atoms. The van der Waals surface area contributed by atoms with Gasteiger partial charge in [0.05, 0.1) is 67.6 Å². The van der Waals surface area contributed by atoms with Crippen molar-refractivity contribution < 1.29 is 18.9 Å². The zero-order valence-electron chi connectivity index (χ0n) is 75.6.